The molecule has 2 aromatic rings. The molecule has 0 aliphatic carbocycles. The van der Waals surface area contributed by atoms with Gasteiger partial charge in [0.05, 0.1) is 17.0 Å². The molecule has 7 nitrogen and oxygen atoms in total. The smallest absolute Gasteiger partial charge is 0.244 e. The minimum atomic E-state index is -3.86. The fourth-order valence-corrected chi connectivity index (χ4v) is 4.82. The summed E-state index contributed by atoms with van der Waals surface area (Å²) < 4.78 is 26.0. The van der Waals surface area contributed by atoms with E-state index in [-0.39, 0.29) is 23.2 Å². The Morgan fingerprint density at radius 2 is 1.74 bits per heavy atom. The van der Waals surface area contributed by atoms with E-state index in [0.717, 1.165) is 23.4 Å². The SMILES string of the molecule is CCCCNC(=O)C(C)N(Cc1ccc(Cl)cc1Cl)C(=O)CN(c1ccccc1Cl)S(C)(=O)=O. The number of amides is 2. The van der Waals surface area contributed by atoms with Gasteiger partial charge in [0.25, 0.3) is 0 Å². The monoisotopic (exact) mass is 547 g/mol. The third-order valence-electron chi connectivity index (χ3n) is 5.15. The summed E-state index contributed by atoms with van der Waals surface area (Å²) >= 11 is 18.5. The molecular formula is C23H28Cl3N3O4S. The van der Waals surface area contributed by atoms with Gasteiger partial charge < -0.3 is 10.2 Å². The van der Waals surface area contributed by atoms with Crippen LogP contribution in [0.4, 0.5) is 5.69 Å². The summed E-state index contributed by atoms with van der Waals surface area (Å²) in [6.07, 6.45) is 2.69. The maximum absolute atomic E-state index is 13.5. The topological polar surface area (TPSA) is 86.8 Å². The van der Waals surface area contributed by atoms with Gasteiger partial charge in [0.15, 0.2) is 0 Å². The Hall–Kier alpha value is -2.00. The van der Waals surface area contributed by atoms with Gasteiger partial charge in [-0.25, -0.2) is 8.42 Å². The number of sulfonamides is 1. The number of carbonyl (C=O) groups is 2. The summed E-state index contributed by atoms with van der Waals surface area (Å²) in [5.74, 6) is -0.940. The summed E-state index contributed by atoms with van der Waals surface area (Å²) in [5.41, 5.74) is 0.737. The molecule has 2 amide bonds. The van der Waals surface area contributed by atoms with Gasteiger partial charge in [0.2, 0.25) is 21.8 Å². The highest BCUT2D eigenvalue weighted by Gasteiger charge is 2.31. The zero-order chi connectivity index (χ0) is 25.5. The zero-order valence-corrected chi connectivity index (χ0v) is 22.3. The number of carbonyl (C=O) groups excluding carboxylic acids is 2. The van der Waals surface area contributed by atoms with Crippen LogP contribution < -0.4 is 9.62 Å². The normalized spacial score (nSPS) is 12.2. The number of benzene rings is 2. The first-order chi connectivity index (χ1) is 16.0. The van der Waals surface area contributed by atoms with Gasteiger partial charge in [-0.1, -0.05) is 66.3 Å². The number of para-hydroxylation sites is 1. The van der Waals surface area contributed by atoms with Crippen LogP contribution in [0.2, 0.25) is 15.1 Å². The molecule has 186 valence electrons. The predicted octanol–water partition coefficient (Wildman–Crippen LogP) is 4.75. The minimum Gasteiger partial charge on any atom is -0.354 e. The highest BCUT2D eigenvalue weighted by Crippen LogP contribution is 2.28. The van der Waals surface area contributed by atoms with Crippen LogP contribution >= 0.6 is 34.8 Å². The van der Waals surface area contributed by atoms with Crippen LogP contribution in [0.15, 0.2) is 42.5 Å². The highest BCUT2D eigenvalue weighted by atomic mass is 35.5. The maximum atomic E-state index is 13.5. The van der Waals surface area contributed by atoms with Crippen LogP contribution in [0, 0.1) is 0 Å². The summed E-state index contributed by atoms with van der Waals surface area (Å²) in [5, 5.41) is 3.75. The lowest BCUT2D eigenvalue weighted by Gasteiger charge is -2.32. The van der Waals surface area contributed by atoms with Gasteiger partial charge in [-0.05, 0) is 43.2 Å². The molecule has 2 rings (SSSR count). The van der Waals surface area contributed by atoms with E-state index in [1.54, 1.807) is 37.3 Å². The van der Waals surface area contributed by atoms with E-state index in [4.69, 9.17) is 34.8 Å². The predicted molar refractivity (Wildman–Crippen MR) is 138 cm³/mol. The van der Waals surface area contributed by atoms with Crippen molar-refractivity contribution in [1.29, 1.82) is 0 Å². The summed E-state index contributed by atoms with van der Waals surface area (Å²) in [6.45, 7) is 3.50. The minimum absolute atomic E-state index is 0.0165. The molecule has 0 aliphatic heterocycles. The fraction of sp³-hybridized carbons (Fsp3) is 0.391. The number of rotatable bonds is 11. The molecule has 1 unspecified atom stereocenters. The van der Waals surface area contributed by atoms with Crippen molar-refractivity contribution in [2.45, 2.75) is 39.3 Å². The molecule has 0 aromatic heterocycles. The van der Waals surface area contributed by atoms with E-state index < -0.39 is 28.5 Å². The molecule has 0 saturated carbocycles. The molecule has 1 atom stereocenters. The Bertz CT molecular complexity index is 1130. The van der Waals surface area contributed by atoms with Crippen LogP contribution in [0.5, 0.6) is 0 Å². The molecule has 0 radical (unpaired) electrons. The van der Waals surface area contributed by atoms with Crippen LogP contribution in [-0.4, -0.2) is 50.5 Å². The average Bonchev–Trinajstić information content (AvgIpc) is 2.76. The molecule has 0 heterocycles. The van der Waals surface area contributed by atoms with Gasteiger partial charge >= 0.3 is 0 Å². The number of anilines is 1. The molecule has 2 aromatic carbocycles. The molecular weight excluding hydrogens is 521 g/mol. The number of halogens is 3. The van der Waals surface area contributed by atoms with Crippen molar-refractivity contribution in [3.8, 4) is 0 Å². The molecule has 0 fully saturated rings. The van der Waals surface area contributed by atoms with Crippen molar-refractivity contribution < 1.29 is 18.0 Å². The van der Waals surface area contributed by atoms with Crippen molar-refractivity contribution in [3.05, 3.63) is 63.1 Å². The number of hydrogen-bond donors (Lipinski definition) is 1. The second-order valence-corrected chi connectivity index (χ2v) is 11.0. The van der Waals surface area contributed by atoms with Crippen LogP contribution in [0.3, 0.4) is 0 Å². The van der Waals surface area contributed by atoms with Gasteiger partial charge in [0, 0.05) is 23.1 Å². The molecule has 0 spiro atoms. The molecule has 34 heavy (non-hydrogen) atoms. The van der Waals surface area contributed by atoms with E-state index >= 15 is 0 Å². The van der Waals surface area contributed by atoms with E-state index in [1.807, 2.05) is 6.92 Å². The third-order valence-corrected chi connectivity index (χ3v) is 7.19. The largest absolute Gasteiger partial charge is 0.354 e. The lowest BCUT2D eigenvalue weighted by Crippen LogP contribution is -2.51. The third kappa shape index (κ3) is 7.77. The van der Waals surface area contributed by atoms with Crippen molar-refractivity contribution in [1.82, 2.24) is 10.2 Å². The van der Waals surface area contributed by atoms with Gasteiger partial charge in [0.1, 0.15) is 12.6 Å². The van der Waals surface area contributed by atoms with Crippen molar-refractivity contribution in [2.75, 3.05) is 23.7 Å². The van der Waals surface area contributed by atoms with Gasteiger partial charge in [-0.3, -0.25) is 13.9 Å². The van der Waals surface area contributed by atoms with E-state index in [1.165, 1.54) is 17.0 Å². The van der Waals surface area contributed by atoms with Crippen LogP contribution in [0.25, 0.3) is 0 Å². The van der Waals surface area contributed by atoms with Crippen molar-refractivity contribution >= 4 is 62.3 Å². The quantitative estimate of drug-likeness (QED) is 0.411. The van der Waals surface area contributed by atoms with Gasteiger partial charge in [-0.2, -0.15) is 0 Å². The molecule has 0 saturated heterocycles. The fourth-order valence-electron chi connectivity index (χ4n) is 3.20. The number of hydrogen-bond acceptors (Lipinski definition) is 4. The Labute approximate surface area is 216 Å². The number of nitrogens with zero attached hydrogens (tertiary/aromatic N) is 2. The first-order valence-corrected chi connectivity index (χ1v) is 13.7. The highest BCUT2D eigenvalue weighted by molar-refractivity contribution is 7.92. The van der Waals surface area contributed by atoms with Crippen molar-refractivity contribution in [3.63, 3.8) is 0 Å². The maximum Gasteiger partial charge on any atom is 0.244 e. The molecule has 0 bridgehead atoms. The van der Waals surface area contributed by atoms with E-state index in [9.17, 15) is 18.0 Å². The second-order valence-electron chi connectivity index (χ2n) is 7.80. The number of nitrogens with one attached hydrogen (secondary N) is 1. The molecule has 1 N–H and O–H groups in total. The summed E-state index contributed by atoms with van der Waals surface area (Å²) in [4.78, 5) is 27.6. The van der Waals surface area contributed by atoms with Crippen LogP contribution in [-0.2, 0) is 26.2 Å². The summed E-state index contributed by atoms with van der Waals surface area (Å²) in [6, 6.07) is 10.3. The standard InChI is InChI=1S/C23H28Cl3N3O4S/c1-4-5-12-27-23(31)16(2)28(14-17-10-11-18(24)13-20(17)26)22(30)15-29(34(3,32)33)21-9-7-6-8-19(21)25/h6-11,13,16H,4-5,12,14-15H2,1-3H3,(H,27,31). The first-order valence-electron chi connectivity index (χ1n) is 10.7. The Morgan fingerprint density at radius 3 is 2.32 bits per heavy atom. The number of unbranched alkanes of at least 4 members (excludes halogenated alkanes) is 1. The Morgan fingerprint density at radius 1 is 1.06 bits per heavy atom. The van der Waals surface area contributed by atoms with Gasteiger partial charge in [-0.15, -0.1) is 0 Å². The zero-order valence-electron chi connectivity index (χ0n) is 19.2. The second kappa shape index (κ2) is 12.6. The lowest BCUT2D eigenvalue weighted by molar-refractivity contribution is -0.139. The lowest BCUT2D eigenvalue weighted by atomic mass is 10.1. The average molecular weight is 549 g/mol. The Balaban J connectivity index is 2.40. The van der Waals surface area contributed by atoms with E-state index in [0.29, 0.717) is 22.2 Å². The van der Waals surface area contributed by atoms with Crippen LogP contribution in [0.1, 0.15) is 32.3 Å². The van der Waals surface area contributed by atoms with Crippen molar-refractivity contribution in [2.24, 2.45) is 0 Å². The molecule has 11 heteroatoms. The molecule has 0 aliphatic rings. The Kier molecular flexibility index (Phi) is 10.5. The first kappa shape index (κ1) is 28.2. The van der Waals surface area contributed by atoms with E-state index in [2.05, 4.69) is 5.32 Å². The summed E-state index contributed by atoms with van der Waals surface area (Å²) in [7, 11) is -3.86.